The summed E-state index contributed by atoms with van der Waals surface area (Å²) in [5.74, 6) is 0.0238. The summed E-state index contributed by atoms with van der Waals surface area (Å²) in [5.41, 5.74) is 1.85. The molecular formula is C17H18F3N3O. The fraction of sp³-hybridized carbons (Fsp3) is 0.412. The molecule has 1 aromatic carbocycles. The predicted molar refractivity (Wildman–Crippen MR) is 83.6 cm³/mol. The van der Waals surface area contributed by atoms with Crippen LogP contribution in [0.5, 0.6) is 0 Å². The smallest absolute Gasteiger partial charge is 0.326 e. The molecule has 0 radical (unpaired) electrons. The minimum absolute atomic E-state index is 0.0340. The molecule has 7 heteroatoms. The molecule has 1 heterocycles. The van der Waals surface area contributed by atoms with Gasteiger partial charge in [0.25, 0.3) is 0 Å². The van der Waals surface area contributed by atoms with Crippen LogP contribution in [-0.2, 0) is 17.5 Å². The molecule has 1 N–H and O–H groups in total. The van der Waals surface area contributed by atoms with Crippen LogP contribution < -0.4 is 5.32 Å². The molecule has 0 aliphatic heterocycles. The standard InChI is InChI=1S/C17H18F3N3O/c1-10-3-6-14(21-16(24)12-4-5-12)13(7-10)9-23-11(2)8-15(22-23)17(18,19)20/h3,6-8,12H,4-5,9H2,1-2H3,(H,21,24). The number of nitrogens with zero attached hydrogens (tertiary/aromatic N) is 2. The molecule has 1 saturated carbocycles. The average Bonchev–Trinajstić information content (AvgIpc) is 3.26. The molecule has 0 atom stereocenters. The van der Waals surface area contributed by atoms with Gasteiger partial charge in [-0.05, 0) is 44.4 Å². The predicted octanol–water partition coefficient (Wildman–Crippen LogP) is 3.92. The first-order chi connectivity index (χ1) is 11.2. The van der Waals surface area contributed by atoms with E-state index in [1.165, 1.54) is 4.68 Å². The van der Waals surface area contributed by atoms with Gasteiger partial charge >= 0.3 is 6.18 Å². The third-order valence-corrected chi connectivity index (χ3v) is 4.06. The highest BCUT2D eigenvalue weighted by Crippen LogP contribution is 2.32. The van der Waals surface area contributed by atoms with Gasteiger partial charge in [0.2, 0.25) is 5.91 Å². The number of halogens is 3. The van der Waals surface area contributed by atoms with Crippen LogP contribution in [0.1, 0.15) is 35.4 Å². The van der Waals surface area contributed by atoms with Gasteiger partial charge in [0, 0.05) is 17.3 Å². The maximum atomic E-state index is 12.8. The summed E-state index contributed by atoms with van der Waals surface area (Å²) >= 11 is 0. The summed E-state index contributed by atoms with van der Waals surface area (Å²) in [6, 6.07) is 6.53. The molecule has 1 aliphatic rings. The number of amides is 1. The molecule has 1 aromatic heterocycles. The second-order valence-electron chi connectivity index (χ2n) is 6.25. The number of alkyl halides is 3. The van der Waals surface area contributed by atoms with Crippen LogP contribution in [0.15, 0.2) is 24.3 Å². The zero-order valence-corrected chi connectivity index (χ0v) is 13.4. The Hall–Kier alpha value is -2.31. The number of nitrogens with one attached hydrogen (secondary N) is 1. The van der Waals surface area contributed by atoms with E-state index in [0.29, 0.717) is 11.4 Å². The van der Waals surface area contributed by atoms with Gasteiger partial charge in [-0.15, -0.1) is 0 Å². The fourth-order valence-electron chi connectivity index (χ4n) is 2.53. The van der Waals surface area contributed by atoms with Crippen molar-refractivity contribution < 1.29 is 18.0 Å². The van der Waals surface area contributed by atoms with E-state index < -0.39 is 11.9 Å². The first-order valence-electron chi connectivity index (χ1n) is 7.76. The first kappa shape index (κ1) is 16.5. The van der Waals surface area contributed by atoms with Gasteiger partial charge < -0.3 is 5.32 Å². The lowest BCUT2D eigenvalue weighted by Gasteiger charge is -2.13. The van der Waals surface area contributed by atoms with Gasteiger partial charge in [-0.25, -0.2) is 0 Å². The summed E-state index contributed by atoms with van der Waals surface area (Å²) in [6.07, 6.45) is -2.69. The summed E-state index contributed by atoms with van der Waals surface area (Å²) in [4.78, 5) is 12.0. The number of hydrogen-bond acceptors (Lipinski definition) is 2. The summed E-state index contributed by atoms with van der Waals surface area (Å²) in [6.45, 7) is 3.65. The Morgan fingerprint density at radius 2 is 2.00 bits per heavy atom. The molecular weight excluding hydrogens is 319 g/mol. The SMILES string of the molecule is Cc1ccc(NC(=O)C2CC2)c(Cn2nc(C(F)(F)F)cc2C)c1. The van der Waals surface area contributed by atoms with E-state index in [-0.39, 0.29) is 18.4 Å². The van der Waals surface area contributed by atoms with E-state index in [1.54, 1.807) is 13.0 Å². The van der Waals surface area contributed by atoms with Crippen molar-refractivity contribution in [2.24, 2.45) is 5.92 Å². The molecule has 1 fully saturated rings. The van der Waals surface area contributed by atoms with Crippen molar-refractivity contribution in [3.63, 3.8) is 0 Å². The Kier molecular flexibility index (Phi) is 4.11. The van der Waals surface area contributed by atoms with E-state index in [1.807, 2.05) is 19.1 Å². The second-order valence-corrected chi connectivity index (χ2v) is 6.25. The lowest BCUT2D eigenvalue weighted by atomic mass is 10.1. The molecule has 0 bridgehead atoms. The number of rotatable bonds is 4. The van der Waals surface area contributed by atoms with E-state index >= 15 is 0 Å². The van der Waals surface area contributed by atoms with Crippen LogP contribution >= 0.6 is 0 Å². The minimum Gasteiger partial charge on any atom is -0.326 e. The van der Waals surface area contributed by atoms with E-state index in [2.05, 4.69) is 10.4 Å². The third kappa shape index (κ3) is 3.60. The van der Waals surface area contributed by atoms with Crippen LogP contribution in [0.25, 0.3) is 0 Å². The molecule has 4 nitrogen and oxygen atoms in total. The lowest BCUT2D eigenvalue weighted by Crippen LogP contribution is -2.16. The Labute approximate surface area is 137 Å². The number of anilines is 1. The van der Waals surface area contributed by atoms with E-state index in [9.17, 15) is 18.0 Å². The zero-order valence-electron chi connectivity index (χ0n) is 13.4. The van der Waals surface area contributed by atoms with Gasteiger partial charge in [0.1, 0.15) is 0 Å². The molecule has 0 unspecified atom stereocenters. The Morgan fingerprint density at radius 3 is 2.58 bits per heavy atom. The van der Waals surface area contributed by atoms with Crippen molar-refractivity contribution in [3.8, 4) is 0 Å². The topological polar surface area (TPSA) is 46.9 Å². The van der Waals surface area contributed by atoms with Gasteiger partial charge in [-0.2, -0.15) is 18.3 Å². The summed E-state index contributed by atoms with van der Waals surface area (Å²) < 4.78 is 39.7. The number of aryl methyl sites for hydroxylation is 2. The molecule has 0 spiro atoms. The van der Waals surface area contributed by atoms with Gasteiger partial charge in [0.05, 0.1) is 6.54 Å². The number of carbonyl (C=O) groups excluding carboxylic acids is 1. The lowest BCUT2D eigenvalue weighted by molar-refractivity contribution is -0.141. The van der Waals surface area contributed by atoms with Crippen molar-refractivity contribution in [1.82, 2.24) is 9.78 Å². The highest BCUT2D eigenvalue weighted by atomic mass is 19.4. The van der Waals surface area contributed by atoms with Crippen LogP contribution in [0, 0.1) is 19.8 Å². The van der Waals surface area contributed by atoms with Crippen LogP contribution in [0.3, 0.4) is 0 Å². The maximum absolute atomic E-state index is 12.8. The third-order valence-electron chi connectivity index (χ3n) is 4.06. The van der Waals surface area contributed by atoms with Crippen molar-refractivity contribution in [3.05, 3.63) is 46.8 Å². The Bertz CT molecular complexity index is 776. The van der Waals surface area contributed by atoms with Crippen molar-refractivity contribution in [2.45, 2.75) is 39.4 Å². The van der Waals surface area contributed by atoms with E-state index in [4.69, 9.17) is 0 Å². The van der Waals surface area contributed by atoms with Crippen LogP contribution in [0.4, 0.5) is 18.9 Å². The van der Waals surface area contributed by atoms with Crippen molar-refractivity contribution in [2.75, 3.05) is 5.32 Å². The number of hydrogen-bond donors (Lipinski definition) is 1. The molecule has 1 aliphatic carbocycles. The minimum atomic E-state index is -4.47. The molecule has 24 heavy (non-hydrogen) atoms. The normalized spacial score (nSPS) is 14.7. The Balaban J connectivity index is 1.87. The van der Waals surface area contributed by atoms with Crippen LogP contribution in [-0.4, -0.2) is 15.7 Å². The quantitative estimate of drug-likeness (QED) is 0.919. The van der Waals surface area contributed by atoms with Gasteiger partial charge in [-0.1, -0.05) is 17.7 Å². The average molecular weight is 337 g/mol. The summed E-state index contributed by atoms with van der Waals surface area (Å²) in [7, 11) is 0. The van der Waals surface area contributed by atoms with Crippen molar-refractivity contribution >= 4 is 11.6 Å². The molecule has 2 aromatic rings. The monoisotopic (exact) mass is 337 g/mol. The number of aromatic nitrogens is 2. The van der Waals surface area contributed by atoms with Gasteiger partial charge in [-0.3, -0.25) is 9.48 Å². The highest BCUT2D eigenvalue weighted by Gasteiger charge is 2.34. The number of carbonyl (C=O) groups is 1. The van der Waals surface area contributed by atoms with Gasteiger partial charge in [0.15, 0.2) is 5.69 Å². The molecule has 3 rings (SSSR count). The van der Waals surface area contributed by atoms with E-state index in [0.717, 1.165) is 30.0 Å². The summed E-state index contributed by atoms with van der Waals surface area (Å²) in [5, 5.41) is 6.53. The second kappa shape index (κ2) is 5.96. The Morgan fingerprint density at radius 1 is 1.29 bits per heavy atom. The van der Waals surface area contributed by atoms with Crippen molar-refractivity contribution in [1.29, 1.82) is 0 Å². The number of benzene rings is 1. The largest absolute Gasteiger partial charge is 0.435 e. The zero-order chi connectivity index (χ0) is 17.5. The maximum Gasteiger partial charge on any atom is 0.435 e. The molecule has 1 amide bonds. The first-order valence-corrected chi connectivity index (χ1v) is 7.76. The highest BCUT2D eigenvalue weighted by molar-refractivity contribution is 5.94. The van der Waals surface area contributed by atoms with Crippen LogP contribution in [0.2, 0.25) is 0 Å². The fourth-order valence-corrected chi connectivity index (χ4v) is 2.53. The molecule has 128 valence electrons. The molecule has 0 saturated heterocycles.